The first-order valence-corrected chi connectivity index (χ1v) is 20.9. The predicted octanol–water partition coefficient (Wildman–Crippen LogP) is 8.63. The molecule has 0 radical (unpaired) electrons. The third kappa shape index (κ3) is 13.5. The molecule has 0 N–H and O–H groups in total. The zero-order chi connectivity index (χ0) is 28.9. The normalized spacial score (nSPS) is 12.6. The van der Waals surface area contributed by atoms with Crippen LogP contribution < -0.4 is 14.2 Å². The van der Waals surface area contributed by atoms with Gasteiger partial charge in [-0.3, -0.25) is 4.79 Å². The van der Waals surface area contributed by atoms with Crippen molar-refractivity contribution in [3.8, 4) is 17.2 Å². The number of esters is 2. The lowest BCUT2D eigenvalue weighted by atomic mass is 10.1. The molecule has 0 aliphatic heterocycles. The van der Waals surface area contributed by atoms with E-state index in [1.807, 2.05) is 13.8 Å². The molecule has 2 rings (SSSR count). The maximum absolute atomic E-state index is 12.5. The molecule has 8 heteroatoms. The number of benzene rings is 2. The molecule has 216 valence electrons. The molecule has 0 heterocycles. The fraction of sp³-hybridized carbons (Fsp3) is 0.548. The smallest absolute Gasteiger partial charge is 0.343 e. The van der Waals surface area contributed by atoms with Crippen molar-refractivity contribution in [2.45, 2.75) is 97.6 Å². The minimum atomic E-state index is -1.50. The van der Waals surface area contributed by atoms with Gasteiger partial charge in [0.25, 0.3) is 0 Å². The van der Waals surface area contributed by atoms with Gasteiger partial charge in [0.05, 0.1) is 18.1 Å². The number of ether oxygens (including phenoxy) is 3. The SMILES string of the molecule is CCC(C)C(=O)Oc1ccc(OC(=O)c2ccc(OCCCCCCCC[Si](C)(C)O[Si](C)(C)C)cc2)cc1. The number of rotatable bonds is 17. The van der Waals surface area contributed by atoms with Gasteiger partial charge in [0.15, 0.2) is 16.6 Å². The standard InChI is InChI=1S/C31H48O6Si2/c1-8-25(2)30(32)35-28-19-21-29(22-20-28)36-31(33)26-15-17-27(18-16-26)34-23-13-11-9-10-12-14-24-39(6,7)37-38(3,4)5/h15-22,25H,8-14,23-24H2,1-7H3. The lowest BCUT2D eigenvalue weighted by Crippen LogP contribution is -2.42. The maximum atomic E-state index is 12.5. The average Bonchev–Trinajstić information content (AvgIpc) is 2.87. The third-order valence-corrected chi connectivity index (χ3v) is 12.6. The number of hydrogen-bond acceptors (Lipinski definition) is 6. The molecule has 0 fully saturated rings. The fourth-order valence-corrected chi connectivity index (χ4v) is 12.4. The van der Waals surface area contributed by atoms with Crippen molar-refractivity contribution in [2.75, 3.05) is 6.61 Å². The van der Waals surface area contributed by atoms with Crippen LogP contribution in [0, 0.1) is 5.92 Å². The molecule has 0 aliphatic rings. The van der Waals surface area contributed by atoms with Gasteiger partial charge in [-0.2, -0.15) is 0 Å². The summed E-state index contributed by atoms with van der Waals surface area (Å²) in [6, 6.07) is 14.7. The second-order valence-electron chi connectivity index (χ2n) is 11.8. The zero-order valence-corrected chi connectivity index (χ0v) is 27.0. The van der Waals surface area contributed by atoms with Crippen LogP contribution >= 0.6 is 0 Å². The molecule has 0 amide bonds. The minimum Gasteiger partial charge on any atom is -0.494 e. The van der Waals surface area contributed by atoms with Crippen molar-refractivity contribution in [2.24, 2.45) is 5.92 Å². The number of carbonyl (C=O) groups is 2. The van der Waals surface area contributed by atoms with Gasteiger partial charge in [0.1, 0.15) is 17.2 Å². The van der Waals surface area contributed by atoms with E-state index in [0.717, 1.165) is 18.6 Å². The van der Waals surface area contributed by atoms with E-state index in [1.165, 1.54) is 31.7 Å². The Labute approximate surface area is 237 Å². The highest BCUT2D eigenvalue weighted by molar-refractivity contribution is 6.84. The average molecular weight is 573 g/mol. The van der Waals surface area contributed by atoms with E-state index in [2.05, 4.69) is 32.7 Å². The predicted molar refractivity (Wildman–Crippen MR) is 163 cm³/mol. The second kappa shape index (κ2) is 16.0. The molecule has 1 atom stereocenters. The molecule has 0 saturated heterocycles. The van der Waals surface area contributed by atoms with Gasteiger partial charge in [-0.25, -0.2) is 4.79 Å². The lowest BCUT2D eigenvalue weighted by molar-refractivity contribution is -0.138. The molecule has 0 aliphatic carbocycles. The minimum absolute atomic E-state index is 0.163. The van der Waals surface area contributed by atoms with E-state index in [1.54, 1.807) is 48.5 Å². The molecule has 0 saturated carbocycles. The van der Waals surface area contributed by atoms with Crippen molar-refractivity contribution < 1.29 is 27.9 Å². The molecule has 2 aromatic carbocycles. The summed E-state index contributed by atoms with van der Waals surface area (Å²) in [4.78, 5) is 24.4. The first-order chi connectivity index (χ1) is 18.4. The van der Waals surface area contributed by atoms with Crippen molar-refractivity contribution in [1.82, 2.24) is 0 Å². The number of carbonyl (C=O) groups excluding carboxylic acids is 2. The van der Waals surface area contributed by atoms with Gasteiger partial charge in [-0.05, 0) is 100 Å². The van der Waals surface area contributed by atoms with E-state index in [0.29, 0.717) is 30.1 Å². The number of unbranched alkanes of at least 4 members (excludes halogenated alkanes) is 5. The molecule has 0 spiro atoms. The van der Waals surface area contributed by atoms with E-state index in [9.17, 15) is 9.59 Å². The Hall–Kier alpha value is -2.43. The van der Waals surface area contributed by atoms with Crippen LogP contribution in [-0.2, 0) is 8.91 Å². The topological polar surface area (TPSA) is 71.1 Å². The highest BCUT2D eigenvalue weighted by Gasteiger charge is 2.28. The molecular weight excluding hydrogens is 525 g/mol. The summed E-state index contributed by atoms with van der Waals surface area (Å²) in [5.41, 5.74) is 0.441. The second-order valence-corrected chi connectivity index (χ2v) is 20.9. The zero-order valence-electron chi connectivity index (χ0n) is 25.0. The summed E-state index contributed by atoms with van der Waals surface area (Å²) >= 11 is 0. The summed E-state index contributed by atoms with van der Waals surface area (Å²) in [7, 11) is -2.94. The van der Waals surface area contributed by atoms with Crippen LogP contribution in [0.5, 0.6) is 17.2 Å². The van der Waals surface area contributed by atoms with Gasteiger partial charge < -0.3 is 18.3 Å². The molecule has 1 unspecified atom stereocenters. The summed E-state index contributed by atoms with van der Waals surface area (Å²) in [5.74, 6) is 0.663. The fourth-order valence-electron chi connectivity index (χ4n) is 4.24. The Morgan fingerprint density at radius 2 is 1.23 bits per heavy atom. The van der Waals surface area contributed by atoms with Crippen molar-refractivity contribution in [1.29, 1.82) is 0 Å². The van der Waals surface area contributed by atoms with Crippen molar-refractivity contribution >= 4 is 28.6 Å². The van der Waals surface area contributed by atoms with Crippen LogP contribution in [0.2, 0.25) is 38.8 Å². The van der Waals surface area contributed by atoms with Crippen LogP contribution in [0.4, 0.5) is 0 Å². The maximum Gasteiger partial charge on any atom is 0.343 e. The van der Waals surface area contributed by atoms with E-state index in [4.69, 9.17) is 18.3 Å². The molecule has 39 heavy (non-hydrogen) atoms. The molecule has 0 aromatic heterocycles. The van der Waals surface area contributed by atoms with Crippen LogP contribution in [0.3, 0.4) is 0 Å². The molecular formula is C31H48O6Si2. The summed E-state index contributed by atoms with van der Waals surface area (Å²) in [6.45, 7) is 16.0. The van der Waals surface area contributed by atoms with E-state index < -0.39 is 22.6 Å². The Kier molecular flexibility index (Phi) is 13.4. The van der Waals surface area contributed by atoms with Crippen LogP contribution in [0.15, 0.2) is 48.5 Å². The molecule has 2 aromatic rings. The van der Waals surface area contributed by atoms with E-state index >= 15 is 0 Å². The van der Waals surface area contributed by atoms with Crippen LogP contribution in [-0.4, -0.2) is 35.2 Å². The van der Waals surface area contributed by atoms with Gasteiger partial charge in [0.2, 0.25) is 0 Å². The van der Waals surface area contributed by atoms with Gasteiger partial charge in [0, 0.05) is 0 Å². The molecule has 0 bridgehead atoms. The van der Waals surface area contributed by atoms with Crippen LogP contribution in [0.1, 0.15) is 69.2 Å². The first kappa shape index (κ1) is 32.8. The van der Waals surface area contributed by atoms with E-state index in [-0.39, 0.29) is 11.9 Å². The van der Waals surface area contributed by atoms with Gasteiger partial charge in [-0.1, -0.05) is 46.0 Å². The first-order valence-electron chi connectivity index (χ1n) is 14.4. The largest absolute Gasteiger partial charge is 0.494 e. The summed E-state index contributed by atoms with van der Waals surface area (Å²) < 4.78 is 23.0. The Morgan fingerprint density at radius 1 is 0.718 bits per heavy atom. The highest BCUT2D eigenvalue weighted by Crippen LogP contribution is 2.23. The lowest BCUT2D eigenvalue weighted by Gasteiger charge is -2.31. The summed E-state index contributed by atoms with van der Waals surface area (Å²) in [5, 5.41) is 0. The Balaban J connectivity index is 1.62. The number of hydrogen-bond donors (Lipinski definition) is 0. The Bertz CT molecular complexity index is 1010. The monoisotopic (exact) mass is 572 g/mol. The van der Waals surface area contributed by atoms with Gasteiger partial charge in [-0.15, -0.1) is 0 Å². The third-order valence-electron chi connectivity index (χ3n) is 6.38. The molecule has 6 nitrogen and oxygen atoms in total. The van der Waals surface area contributed by atoms with Crippen molar-refractivity contribution in [3.05, 3.63) is 54.1 Å². The summed E-state index contributed by atoms with van der Waals surface area (Å²) in [6.07, 6.45) is 7.94. The van der Waals surface area contributed by atoms with Crippen LogP contribution in [0.25, 0.3) is 0 Å². The Morgan fingerprint density at radius 3 is 1.79 bits per heavy atom. The quantitative estimate of drug-likeness (QED) is 0.0818. The highest BCUT2D eigenvalue weighted by atomic mass is 28.4. The van der Waals surface area contributed by atoms with Crippen molar-refractivity contribution in [3.63, 3.8) is 0 Å². The van der Waals surface area contributed by atoms with Gasteiger partial charge >= 0.3 is 11.9 Å².